The highest BCUT2D eigenvalue weighted by Gasteiger charge is 2.14. The van der Waals surface area contributed by atoms with Gasteiger partial charge in [0, 0.05) is 29.5 Å². The maximum atomic E-state index is 12.4. The lowest BCUT2D eigenvalue weighted by atomic mass is 10.2. The molecule has 0 aliphatic rings. The van der Waals surface area contributed by atoms with E-state index in [0.717, 1.165) is 10.9 Å². The summed E-state index contributed by atoms with van der Waals surface area (Å²) >= 11 is 0. The fourth-order valence-electron chi connectivity index (χ4n) is 2.07. The van der Waals surface area contributed by atoms with E-state index in [1.165, 1.54) is 4.57 Å². The van der Waals surface area contributed by atoms with Crippen molar-refractivity contribution in [1.82, 2.24) is 9.55 Å². The first-order valence-electron chi connectivity index (χ1n) is 5.76. The largest absolute Gasteiger partial charge is 0.282 e. The molecular formula is C15H9N3O. The van der Waals surface area contributed by atoms with E-state index in [-0.39, 0.29) is 5.91 Å². The van der Waals surface area contributed by atoms with E-state index in [9.17, 15) is 4.79 Å². The summed E-state index contributed by atoms with van der Waals surface area (Å²) in [5.41, 5.74) is 1.78. The van der Waals surface area contributed by atoms with E-state index in [1.807, 2.05) is 24.3 Å². The number of benzene rings is 1. The number of rotatable bonds is 1. The van der Waals surface area contributed by atoms with Gasteiger partial charge in [0.1, 0.15) is 6.07 Å². The number of fused-ring (bicyclic) bond motifs is 1. The lowest BCUT2D eigenvalue weighted by Crippen LogP contribution is -2.10. The number of nitriles is 1. The van der Waals surface area contributed by atoms with Crippen molar-refractivity contribution in [2.24, 2.45) is 0 Å². The van der Waals surface area contributed by atoms with Gasteiger partial charge in [0.15, 0.2) is 0 Å². The molecule has 0 saturated carbocycles. The minimum atomic E-state index is -0.167. The summed E-state index contributed by atoms with van der Waals surface area (Å²) in [7, 11) is 0. The summed E-state index contributed by atoms with van der Waals surface area (Å²) in [4.78, 5) is 16.3. The number of hydrogen-bond acceptors (Lipinski definition) is 3. The molecule has 0 atom stereocenters. The standard InChI is InChI=1S/C15H9N3O/c16-9-12-10-18(14-4-2-1-3-13(12)14)15(19)11-5-7-17-8-6-11/h1-8,10H. The number of hydrogen-bond donors (Lipinski definition) is 0. The van der Waals surface area contributed by atoms with Crippen molar-refractivity contribution in [2.75, 3.05) is 0 Å². The van der Waals surface area contributed by atoms with Crippen molar-refractivity contribution in [3.8, 4) is 6.07 Å². The highest BCUT2D eigenvalue weighted by molar-refractivity contribution is 6.03. The number of nitrogens with zero attached hydrogens (tertiary/aromatic N) is 3. The quantitative estimate of drug-likeness (QED) is 0.664. The molecule has 0 aliphatic carbocycles. The molecule has 0 amide bonds. The van der Waals surface area contributed by atoms with Crippen LogP contribution < -0.4 is 0 Å². The normalized spacial score (nSPS) is 10.3. The van der Waals surface area contributed by atoms with Gasteiger partial charge in [-0.05, 0) is 18.2 Å². The third-order valence-electron chi connectivity index (χ3n) is 2.98. The Bertz CT molecular complexity index is 797. The molecule has 3 rings (SSSR count). The molecule has 0 unspecified atom stereocenters. The number of carbonyl (C=O) groups excluding carboxylic acids is 1. The van der Waals surface area contributed by atoms with Crippen molar-refractivity contribution in [1.29, 1.82) is 5.26 Å². The molecule has 19 heavy (non-hydrogen) atoms. The van der Waals surface area contributed by atoms with Crippen LogP contribution in [0.15, 0.2) is 55.0 Å². The molecule has 0 fully saturated rings. The summed E-state index contributed by atoms with van der Waals surface area (Å²) in [5.74, 6) is -0.167. The number of carbonyl (C=O) groups is 1. The zero-order valence-corrected chi connectivity index (χ0v) is 9.95. The zero-order chi connectivity index (χ0) is 13.2. The van der Waals surface area contributed by atoms with Crippen LogP contribution in [0.25, 0.3) is 10.9 Å². The highest BCUT2D eigenvalue weighted by atomic mass is 16.2. The van der Waals surface area contributed by atoms with Crippen LogP contribution in [-0.2, 0) is 0 Å². The smallest absolute Gasteiger partial charge is 0.262 e. The molecule has 2 aromatic heterocycles. The van der Waals surface area contributed by atoms with Crippen LogP contribution in [0.3, 0.4) is 0 Å². The van der Waals surface area contributed by atoms with Gasteiger partial charge in [0.25, 0.3) is 5.91 Å². The fraction of sp³-hybridized carbons (Fsp3) is 0. The van der Waals surface area contributed by atoms with Crippen LogP contribution in [0, 0.1) is 11.3 Å². The van der Waals surface area contributed by atoms with Gasteiger partial charge in [0.05, 0.1) is 11.1 Å². The molecule has 0 saturated heterocycles. The van der Waals surface area contributed by atoms with E-state index in [2.05, 4.69) is 11.1 Å². The monoisotopic (exact) mass is 247 g/mol. The molecular weight excluding hydrogens is 238 g/mol. The fourth-order valence-corrected chi connectivity index (χ4v) is 2.07. The first-order valence-corrected chi connectivity index (χ1v) is 5.76. The Morgan fingerprint density at radius 1 is 1.16 bits per heavy atom. The Labute approximate surface area is 109 Å². The van der Waals surface area contributed by atoms with Gasteiger partial charge in [0.2, 0.25) is 0 Å². The van der Waals surface area contributed by atoms with Crippen molar-refractivity contribution in [3.05, 3.63) is 66.1 Å². The van der Waals surface area contributed by atoms with Crippen LogP contribution in [0.4, 0.5) is 0 Å². The second-order valence-corrected chi connectivity index (χ2v) is 4.08. The summed E-state index contributed by atoms with van der Waals surface area (Å²) in [6, 6.07) is 12.8. The number of aromatic nitrogens is 2. The van der Waals surface area contributed by atoms with E-state index < -0.39 is 0 Å². The molecule has 0 spiro atoms. The summed E-state index contributed by atoms with van der Waals surface area (Å²) < 4.78 is 1.50. The van der Waals surface area contributed by atoms with Crippen molar-refractivity contribution >= 4 is 16.8 Å². The second kappa shape index (κ2) is 4.39. The number of pyridine rings is 1. The van der Waals surface area contributed by atoms with E-state index in [4.69, 9.17) is 5.26 Å². The van der Waals surface area contributed by atoms with Gasteiger partial charge >= 0.3 is 0 Å². The van der Waals surface area contributed by atoms with Crippen LogP contribution in [0.1, 0.15) is 15.9 Å². The number of para-hydroxylation sites is 1. The first-order chi connectivity index (χ1) is 9.31. The molecule has 0 bridgehead atoms. The Balaban J connectivity index is 2.22. The third kappa shape index (κ3) is 1.78. The van der Waals surface area contributed by atoms with E-state index in [0.29, 0.717) is 11.1 Å². The van der Waals surface area contributed by atoms with Crippen LogP contribution in [-0.4, -0.2) is 15.5 Å². The molecule has 0 N–H and O–H groups in total. The van der Waals surface area contributed by atoms with Gasteiger partial charge in [-0.3, -0.25) is 14.3 Å². The van der Waals surface area contributed by atoms with Crippen LogP contribution in [0.2, 0.25) is 0 Å². The first kappa shape index (κ1) is 11.2. The van der Waals surface area contributed by atoms with Gasteiger partial charge in [-0.2, -0.15) is 5.26 Å². The summed E-state index contributed by atoms with van der Waals surface area (Å²) in [5, 5.41) is 9.90. The second-order valence-electron chi connectivity index (χ2n) is 4.08. The molecule has 2 heterocycles. The maximum Gasteiger partial charge on any atom is 0.262 e. The maximum absolute atomic E-state index is 12.4. The molecule has 1 aromatic carbocycles. The SMILES string of the molecule is N#Cc1cn(C(=O)c2ccncc2)c2ccccc12. The van der Waals surface area contributed by atoms with Crippen LogP contribution in [0.5, 0.6) is 0 Å². The molecule has 90 valence electrons. The minimum absolute atomic E-state index is 0.167. The highest BCUT2D eigenvalue weighted by Crippen LogP contribution is 2.21. The Morgan fingerprint density at radius 3 is 2.63 bits per heavy atom. The van der Waals surface area contributed by atoms with Gasteiger partial charge in [-0.15, -0.1) is 0 Å². The van der Waals surface area contributed by atoms with Gasteiger partial charge < -0.3 is 0 Å². The predicted molar refractivity (Wildman–Crippen MR) is 70.6 cm³/mol. The van der Waals surface area contributed by atoms with Crippen molar-refractivity contribution in [3.63, 3.8) is 0 Å². The van der Waals surface area contributed by atoms with Crippen LogP contribution >= 0.6 is 0 Å². The van der Waals surface area contributed by atoms with E-state index in [1.54, 1.807) is 30.7 Å². The predicted octanol–water partition coefficient (Wildman–Crippen LogP) is 2.60. The topological polar surface area (TPSA) is 58.7 Å². The van der Waals surface area contributed by atoms with E-state index >= 15 is 0 Å². The average molecular weight is 247 g/mol. The average Bonchev–Trinajstić information content (AvgIpc) is 2.86. The summed E-state index contributed by atoms with van der Waals surface area (Å²) in [6.45, 7) is 0. The van der Waals surface area contributed by atoms with Crippen molar-refractivity contribution < 1.29 is 4.79 Å². The Kier molecular flexibility index (Phi) is 2.58. The Hall–Kier alpha value is -2.93. The molecule has 4 nitrogen and oxygen atoms in total. The van der Waals surface area contributed by atoms with Gasteiger partial charge in [-0.1, -0.05) is 18.2 Å². The minimum Gasteiger partial charge on any atom is -0.282 e. The molecule has 3 aromatic rings. The zero-order valence-electron chi connectivity index (χ0n) is 9.95. The summed E-state index contributed by atoms with van der Waals surface area (Å²) in [6.07, 6.45) is 4.72. The molecule has 0 radical (unpaired) electrons. The lowest BCUT2D eigenvalue weighted by molar-refractivity contribution is 0.0965. The van der Waals surface area contributed by atoms with Gasteiger partial charge in [-0.25, -0.2) is 0 Å². The molecule has 0 aliphatic heterocycles. The van der Waals surface area contributed by atoms with Crippen molar-refractivity contribution in [2.45, 2.75) is 0 Å². The molecule has 4 heteroatoms. The third-order valence-corrected chi connectivity index (χ3v) is 2.98. The lowest BCUT2D eigenvalue weighted by Gasteiger charge is -2.03. The Morgan fingerprint density at radius 2 is 1.89 bits per heavy atom.